The normalized spacial score (nSPS) is 15.3. The number of halogens is 4. The third kappa shape index (κ3) is 5.16. The van der Waals surface area contributed by atoms with Crippen molar-refractivity contribution in [3.8, 4) is 0 Å². The quantitative estimate of drug-likeness (QED) is 0.733. The van der Waals surface area contributed by atoms with Crippen LogP contribution < -0.4 is 0 Å². The van der Waals surface area contributed by atoms with Crippen LogP contribution in [0, 0.1) is 0 Å². The number of rotatable bonds is 4. The van der Waals surface area contributed by atoms with Crippen molar-refractivity contribution >= 4 is 55.1 Å². The first-order valence-corrected chi connectivity index (χ1v) is 5.15. The third-order valence-electron chi connectivity index (χ3n) is 0.590. The van der Waals surface area contributed by atoms with Gasteiger partial charge in [0.05, 0.1) is 0 Å². The smallest absolute Gasteiger partial charge is 0.245 e. The Hall–Kier alpha value is 1.46. The molecule has 10 heavy (non-hydrogen) atoms. The lowest BCUT2D eigenvalue weighted by Crippen LogP contribution is -2.26. The topological polar surface area (TPSA) is 29.1 Å². The van der Waals surface area contributed by atoms with Gasteiger partial charge in [0, 0.05) is 5.33 Å². The summed E-state index contributed by atoms with van der Waals surface area (Å²) in [7, 11) is 0. The summed E-state index contributed by atoms with van der Waals surface area (Å²) < 4.78 is 3.20. The molecule has 6 heteroatoms. The van der Waals surface area contributed by atoms with Gasteiger partial charge in [0.15, 0.2) is 0 Å². The van der Waals surface area contributed by atoms with Gasteiger partial charge in [0.2, 0.25) is 4.52 Å². The first-order chi connectivity index (χ1) is 4.52. The highest BCUT2D eigenvalue weighted by molar-refractivity contribution is 9.12. The summed E-state index contributed by atoms with van der Waals surface area (Å²) in [5, 5.41) is 10.4. The van der Waals surface area contributed by atoms with E-state index in [0.29, 0.717) is 5.33 Å². The predicted molar refractivity (Wildman–Crippen MR) is 47.6 cm³/mol. The number of ether oxygens (including phenoxy) is 1. The number of hydrogen-bond donors (Lipinski definition) is 0. The van der Waals surface area contributed by atoms with Gasteiger partial charge < -0.3 is 4.74 Å². The molecule has 0 aromatic rings. The van der Waals surface area contributed by atoms with Crippen LogP contribution in [0.15, 0.2) is 0 Å². The molecule has 1 atom stereocenters. The first-order valence-electron chi connectivity index (χ1n) is 2.35. The van der Waals surface area contributed by atoms with Crippen LogP contribution in [0.2, 0.25) is 0 Å². The highest BCUT2D eigenvalue weighted by Crippen LogP contribution is 2.26. The molecule has 1 radical (unpaired) electrons. The van der Waals surface area contributed by atoms with E-state index >= 15 is 0 Å². The zero-order valence-corrected chi connectivity index (χ0v) is 9.50. The Morgan fingerprint density at radius 1 is 1.60 bits per heavy atom. The summed E-state index contributed by atoms with van der Waals surface area (Å²) >= 11 is 16.9. The van der Waals surface area contributed by atoms with Crippen LogP contribution in [0.5, 0.6) is 0 Å². The van der Waals surface area contributed by atoms with E-state index in [-0.39, 0.29) is 5.01 Å². The third-order valence-corrected chi connectivity index (χ3v) is 2.95. The lowest BCUT2D eigenvalue weighted by molar-refractivity contribution is 0.00925. The second kappa shape index (κ2) is 5.17. The monoisotopic (exact) mass is 313 g/mol. The predicted octanol–water partition coefficient (Wildman–Crippen LogP) is 2.68. The zero-order valence-electron chi connectivity index (χ0n) is 4.82. The van der Waals surface area contributed by atoms with Crippen LogP contribution in [0.1, 0.15) is 0 Å². The van der Waals surface area contributed by atoms with E-state index in [9.17, 15) is 5.11 Å². The van der Waals surface area contributed by atoms with Gasteiger partial charge >= 0.3 is 0 Å². The highest BCUT2D eigenvalue weighted by Gasteiger charge is 2.27. The van der Waals surface area contributed by atoms with Crippen molar-refractivity contribution in [2.24, 2.45) is 0 Å². The zero-order chi connectivity index (χ0) is 8.20. The fourth-order valence-corrected chi connectivity index (χ4v) is 1.13. The van der Waals surface area contributed by atoms with E-state index in [1.807, 2.05) is 0 Å². The van der Waals surface area contributed by atoms with Crippen LogP contribution in [0.3, 0.4) is 0 Å². The second-order valence-corrected chi connectivity index (χ2v) is 4.55. The molecule has 0 aliphatic carbocycles. The number of alkyl halides is 4. The van der Waals surface area contributed by atoms with Gasteiger partial charge in [-0.1, -0.05) is 55.1 Å². The van der Waals surface area contributed by atoms with E-state index in [1.165, 1.54) is 0 Å². The van der Waals surface area contributed by atoms with Crippen molar-refractivity contribution < 1.29 is 9.84 Å². The van der Waals surface area contributed by atoms with Gasteiger partial charge in [0.25, 0.3) is 0 Å². The standard InChI is InChI=1S/C4H5Br2Cl2O2/c5-1-3(6)10-4(7,8)2-9/h3H,1-2H2. The Morgan fingerprint density at radius 3 is 2.40 bits per heavy atom. The van der Waals surface area contributed by atoms with Crippen molar-refractivity contribution in [2.45, 2.75) is 9.53 Å². The summed E-state index contributed by atoms with van der Waals surface area (Å²) in [6.45, 7) is -0.689. The van der Waals surface area contributed by atoms with Crippen molar-refractivity contribution in [3.63, 3.8) is 0 Å². The molecule has 61 valence electrons. The molecule has 0 heterocycles. The van der Waals surface area contributed by atoms with E-state index in [0.717, 1.165) is 0 Å². The van der Waals surface area contributed by atoms with Gasteiger partial charge in [-0.05, 0) is 0 Å². The van der Waals surface area contributed by atoms with E-state index < -0.39 is 11.1 Å². The van der Waals surface area contributed by atoms with E-state index in [1.54, 1.807) is 0 Å². The maximum absolute atomic E-state index is 10.2. The SMILES string of the molecule is [O]CC(Cl)(Cl)OC(Br)CBr. The van der Waals surface area contributed by atoms with Crippen molar-refractivity contribution in [1.29, 1.82) is 0 Å². The van der Waals surface area contributed by atoms with E-state index in [2.05, 4.69) is 31.9 Å². The maximum Gasteiger partial charge on any atom is 0.245 e. The minimum atomic E-state index is -1.62. The molecular formula is C4H5Br2Cl2O2. The lowest BCUT2D eigenvalue weighted by Gasteiger charge is -2.18. The van der Waals surface area contributed by atoms with Crippen LogP contribution >= 0.6 is 55.1 Å². The van der Waals surface area contributed by atoms with Crippen LogP contribution in [0.4, 0.5) is 0 Å². The highest BCUT2D eigenvalue weighted by atomic mass is 79.9. The molecule has 0 aromatic carbocycles. The molecule has 0 aliphatic heterocycles. The first kappa shape index (κ1) is 11.5. The molecule has 0 N–H and O–H groups in total. The van der Waals surface area contributed by atoms with Crippen molar-refractivity contribution in [3.05, 3.63) is 0 Å². The van der Waals surface area contributed by atoms with Gasteiger partial charge in [-0.15, -0.1) is 0 Å². The molecule has 0 amide bonds. The molecule has 1 unspecified atom stereocenters. The molecule has 0 fully saturated rings. The van der Waals surface area contributed by atoms with E-state index in [4.69, 9.17) is 27.9 Å². The Balaban J connectivity index is 3.64. The lowest BCUT2D eigenvalue weighted by atomic mass is 10.7. The fourth-order valence-electron chi connectivity index (χ4n) is 0.253. The van der Waals surface area contributed by atoms with Gasteiger partial charge in [0.1, 0.15) is 11.6 Å². The van der Waals surface area contributed by atoms with Gasteiger partial charge in [-0.25, -0.2) is 5.11 Å². The van der Waals surface area contributed by atoms with Crippen LogP contribution in [-0.4, -0.2) is 21.5 Å². The largest absolute Gasteiger partial charge is 0.329 e. The molecule has 0 aliphatic rings. The number of hydrogen-bond acceptors (Lipinski definition) is 1. The molecule has 0 saturated heterocycles. The average Bonchev–Trinajstić information content (AvgIpc) is 1.87. The molecule has 0 spiro atoms. The van der Waals surface area contributed by atoms with Crippen molar-refractivity contribution in [1.82, 2.24) is 0 Å². The Morgan fingerprint density at radius 2 is 2.10 bits per heavy atom. The van der Waals surface area contributed by atoms with Crippen LogP contribution in [0.25, 0.3) is 0 Å². The molecule has 0 aromatic heterocycles. The minimum Gasteiger partial charge on any atom is -0.329 e. The second-order valence-electron chi connectivity index (χ2n) is 1.46. The fraction of sp³-hybridized carbons (Fsp3) is 1.00. The van der Waals surface area contributed by atoms with Gasteiger partial charge in [-0.2, -0.15) is 0 Å². The Labute approximate surface area is 86.1 Å². The molecule has 0 bridgehead atoms. The van der Waals surface area contributed by atoms with Crippen molar-refractivity contribution in [2.75, 3.05) is 11.9 Å². The summed E-state index contributed by atoms with van der Waals surface area (Å²) in [5.41, 5.74) is 0. The summed E-state index contributed by atoms with van der Waals surface area (Å²) in [5.74, 6) is 0. The molecule has 0 rings (SSSR count). The average molecular weight is 316 g/mol. The molecule has 2 nitrogen and oxygen atoms in total. The minimum absolute atomic E-state index is 0.337. The van der Waals surface area contributed by atoms with Gasteiger partial charge in [-0.3, -0.25) is 0 Å². The Bertz CT molecular complexity index is 101. The molecule has 0 saturated carbocycles. The van der Waals surface area contributed by atoms with Crippen LogP contribution in [-0.2, 0) is 9.84 Å². The molecular weight excluding hydrogens is 311 g/mol. The Kier molecular flexibility index (Phi) is 5.92. The summed E-state index contributed by atoms with van der Waals surface area (Å²) in [6.07, 6.45) is 0. The summed E-state index contributed by atoms with van der Waals surface area (Å²) in [6, 6.07) is 0. The summed E-state index contributed by atoms with van der Waals surface area (Å²) in [4.78, 5) is 0. The maximum atomic E-state index is 10.2.